The number of rotatable bonds is 5. The molecular weight excluding hydrogens is 336 g/mol. The van der Waals surface area contributed by atoms with Gasteiger partial charge < -0.3 is 0 Å². The molecule has 1 aliphatic heterocycles. The predicted molar refractivity (Wildman–Crippen MR) is 101 cm³/mol. The number of halogens is 1. The maximum Gasteiger partial charge on any atom is 0.280 e. The van der Waals surface area contributed by atoms with Crippen LogP contribution in [0.25, 0.3) is 0 Å². The highest BCUT2D eigenvalue weighted by Crippen LogP contribution is 2.29. The maximum absolute atomic E-state index is 12.6. The van der Waals surface area contributed by atoms with Crippen LogP contribution in [-0.2, 0) is 11.2 Å². The molecule has 1 unspecified atom stereocenters. The molecule has 126 valence electrons. The molecule has 0 fully saturated rings. The van der Waals surface area contributed by atoms with Crippen molar-refractivity contribution in [2.75, 3.05) is 5.01 Å². The van der Waals surface area contributed by atoms with E-state index in [0.29, 0.717) is 22.1 Å². The molecule has 1 atom stereocenters. The number of hydrazone groups is 1. The van der Waals surface area contributed by atoms with Gasteiger partial charge in [-0.15, -0.1) is 6.58 Å². The third kappa shape index (κ3) is 3.67. The Hall–Kier alpha value is -2.79. The lowest BCUT2D eigenvalue weighted by atomic mass is 10.1. The lowest BCUT2D eigenvalue weighted by Crippen LogP contribution is -2.29. The van der Waals surface area contributed by atoms with E-state index in [1.807, 2.05) is 30.3 Å². The van der Waals surface area contributed by atoms with E-state index in [9.17, 15) is 4.79 Å². The van der Waals surface area contributed by atoms with Gasteiger partial charge in [-0.3, -0.25) is 4.79 Å². The standard InChI is InChI=1S/C19H17ClN4O/c1-3-6-14-9-11-15(12-10-14)21-22-18-13(2)23-24(19(18)25)17-8-5-4-7-16(17)20/h3-5,7-12,18H,1,6H2,2H3. The number of para-hydroxylation sites is 1. The van der Waals surface area contributed by atoms with Crippen LogP contribution in [-0.4, -0.2) is 17.7 Å². The summed E-state index contributed by atoms with van der Waals surface area (Å²) in [6, 6.07) is 14.0. The zero-order chi connectivity index (χ0) is 17.8. The van der Waals surface area contributed by atoms with Gasteiger partial charge in [-0.25, -0.2) is 0 Å². The molecule has 1 heterocycles. The monoisotopic (exact) mass is 352 g/mol. The van der Waals surface area contributed by atoms with Crippen molar-refractivity contribution >= 4 is 34.6 Å². The smallest absolute Gasteiger partial charge is 0.269 e. The number of amides is 1. The molecule has 0 bridgehead atoms. The molecule has 3 rings (SSSR count). The van der Waals surface area contributed by atoms with Gasteiger partial charge in [0, 0.05) is 0 Å². The molecular formula is C19H17ClN4O. The highest BCUT2D eigenvalue weighted by Gasteiger charge is 2.35. The summed E-state index contributed by atoms with van der Waals surface area (Å²) in [5.74, 6) is -0.266. The average Bonchev–Trinajstić information content (AvgIpc) is 2.89. The van der Waals surface area contributed by atoms with Gasteiger partial charge in [-0.2, -0.15) is 20.3 Å². The van der Waals surface area contributed by atoms with Crippen molar-refractivity contribution < 1.29 is 4.79 Å². The second-order valence-corrected chi connectivity index (χ2v) is 6.03. The molecule has 0 radical (unpaired) electrons. The summed E-state index contributed by atoms with van der Waals surface area (Å²) in [4.78, 5) is 12.6. The van der Waals surface area contributed by atoms with E-state index in [2.05, 4.69) is 21.9 Å². The Bertz CT molecular complexity index is 858. The zero-order valence-corrected chi connectivity index (χ0v) is 14.5. The Morgan fingerprint density at radius 2 is 1.96 bits per heavy atom. The zero-order valence-electron chi connectivity index (χ0n) is 13.8. The largest absolute Gasteiger partial charge is 0.280 e. The summed E-state index contributed by atoms with van der Waals surface area (Å²) in [6.45, 7) is 5.47. The number of azo groups is 1. The van der Waals surface area contributed by atoms with Crippen LogP contribution in [0.5, 0.6) is 0 Å². The Labute approximate surface area is 151 Å². The number of nitrogens with zero attached hydrogens (tertiary/aromatic N) is 4. The molecule has 25 heavy (non-hydrogen) atoms. The van der Waals surface area contributed by atoms with E-state index in [-0.39, 0.29) is 5.91 Å². The number of benzene rings is 2. The minimum absolute atomic E-state index is 0.266. The van der Waals surface area contributed by atoms with Crippen LogP contribution in [0, 0.1) is 0 Å². The topological polar surface area (TPSA) is 57.4 Å². The number of allylic oxidation sites excluding steroid dienone is 1. The Morgan fingerprint density at radius 1 is 1.24 bits per heavy atom. The molecule has 1 amide bonds. The molecule has 2 aromatic rings. The van der Waals surface area contributed by atoms with Crippen LogP contribution in [0.1, 0.15) is 12.5 Å². The summed E-state index contributed by atoms with van der Waals surface area (Å²) in [7, 11) is 0. The molecule has 5 nitrogen and oxygen atoms in total. The van der Waals surface area contributed by atoms with Gasteiger partial charge in [-0.05, 0) is 43.2 Å². The van der Waals surface area contributed by atoms with Crippen LogP contribution in [0.3, 0.4) is 0 Å². The Balaban J connectivity index is 1.77. The third-order valence-corrected chi connectivity index (χ3v) is 4.10. The highest BCUT2D eigenvalue weighted by atomic mass is 35.5. The molecule has 0 spiro atoms. The summed E-state index contributed by atoms with van der Waals surface area (Å²) >= 11 is 6.15. The van der Waals surface area contributed by atoms with Gasteiger partial charge in [0.2, 0.25) is 0 Å². The van der Waals surface area contributed by atoms with E-state index in [1.54, 1.807) is 31.2 Å². The van der Waals surface area contributed by atoms with E-state index in [4.69, 9.17) is 11.6 Å². The summed E-state index contributed by atoms with van der Waals surface area (Å²) in [6.07, 6.45) is 2.65. The van der Waals surface area contributed by atoms with Crippen LogP contribution in [0.2, 0.25) is 5.02 Å². The quantitative estimate of drug-likeness (QED) is 0.555. The Kier molecular flexibility index (Phi) is 5.05. The molecule has 0 aliphatic carbocycles. The van der Waals surface area contributed by atoms with Gasteiger partial charge in [-0.1, -0.05) is 41.9 Å². The first-order valence-corrected chi connectivity index (χ1v) is 8.22. The first-order valence-electron chi connectivity index (χ1n) is 7.84. The minimum atomic E-state index is -0.732. The second-order valence-electron chi connectivity index (χ2n) is 5.62. The van der Waals surface area contributed by atoms with Crippen molar-refractivity contribution in [3.8, 4) is 0 Å². The van der Waals surface area contributed by atoms with Crippen molar-refractivity contribution in [1.82, 2.24) is 0 Å². The summed E-state index contributed by atoms with van der Waals surface area (Å²) < 4.78 is 0. The van der Waals surface area contributed by atoms with Crippen molar-refractivity contribution in [3.63, 3.8) is 0 Å². The van der Waals surface area contributed by atoms with Crippen molar-refractivity contribution in [3.05, 3.63) is 71.8 Å². The first kappa shape index (κ1) is 17.0. The fraction of sp³-hybridized carbons (Fsp3) is 0.158. The van der Waals surface area contributed by atoms with Crippen molar-refractivity contribution in [2.24, 2.45) is 15.3 Å². The number of hydrogen-bond acceptors (Lipinski definition) is 4. The van der Waals surface area contributed by atoms with Crippen LogP contribution >= 0.6 is 11.6 Å². The highest BCUT2D eigenvalue weighted by molar-refractivity contribution is 6.34. The maximum atomic E-state index is 12.6. The molecule has 0 saturated heterocycles. The Morgan fingerprint density at radius 3 is 2.64 bits per heavy atom. The van der Waals surface area contributed by atoms with E-state index in [0.717, 1.165) is 12.0 Å². The normalized spacial score (nSPS) is 17.2. The summed E-state index contributed by atoms with van der Waals surface area (Å²) in [5.41, 5.74) is 2.95. The van der Waals surface area contributed by atoms with Crippen molar-refractivity contribution in [1.29, 1.82) is 0 Å². The molecule has 6 heteroatoms. The van der Waals surface area contributed by atoms with Gasteiger partial charge in [0.15, 0.2) is 6.04 Å². The lowest BCUT2D eigenvalue weighted by Gasteiger charge is -2.13. The second kappa shape index (κ2) is 7.40. The first-order chi connectivity index (χ1) is 12.1. The van der Waals surface area contributed by atoms with Gasteiger partial charge in [0.05, 0.1) is 22.1 Å². The number of carbonyl (C=O) groups is 1. The van der Waals surface area contributed by atoms with E-state index in [1.165, 1.54) is 5.01 Å². The van der Waals surface area contributed by atoms with Crippen LogP contribution < -0.4 is 5.01 Å². The molecule has 2 aromatic carbocycles. The number of carbonyl (C=O) groups excluding carboxylic acids is 1. The number of hydrogen-bond donors (Lipinski definition) is 0. The average molecular weight is 353 g/mol. The molecule has 0 saturated carbocycles. The third-order valence-electron chi connectivity index (χ3n) is 3.78. The SMILES string of the molecule is C=CCc1ccc(N=NC2C(=O)N(c3ccccc3Cl)N=C2C)cc1. The lowest BCUT2D eigenvalue weighted by molar-refractivity contribution is -0.117. The molecule has 0 aromatic heterocycles. The van der Waals surface area contributed by atoms with E-state index >= 15 is 0 Å². The summed E-state index contributed by atoms with van der Waals surface area (Å²) in [5, 5.41) is 14.4. The minimum Gasteiger partial charge on any atom is -0.269 e. The van der Waals surface area contributed by atoms with Crippen molar-refractivity contribution in [2.45, 2.75) is 19.4 Å². The predicted octanol–water partition coefficient (Wildman–Crippen LogP) is 4.94. The number of anilines is 1. The fourth-order valence-corrected chi connectivity index (χ4v) is 2.69. The van der Waals surface area contributed by atoms with Gasteiger partial charge >= 0.3 is 0 Å². The van der Waals surface area contributed by atoms with Gasteiger partial charge in [0.25, 0.3) is 5.91 Å². The molecule has 0 N–H and O–H groups in total. The fourth-order valence-electron chi connectivity index (χ4n) is 2.48. The molecule has 1 aliphatic rings. The van der Waals surface area contributed by atoms with Gasteiger partial charge in [0.1, 0.15) is 0 Å². The van der Waals surface area contributed by atoms with Crippen LogP contribution in [0.4, 0.5) is 11.4 Å². The van der Waals surface area contributed by atoms with Crippen LogP contribution in [0.15, 0.2) is 76.5 Å². The van der Waals surface area contributed by atoms with E-state index < -0.39 is 6.04 Å².